The second-order valence-corrected chi connectivity index (χ2v) is 3.53. The standard InChI is InChI=1S/C7H9FN2S2.2C2H6/c1-4(2)10-3-5(8)6(11)9-7(10)12;2*1-2/h3-4H,1-2H3,(H,9,11,12);2*1-2H3. The van der Waals surface area contributed by atoms with E-state index in [0.29, 0.717) is 4.77 Å². The fourth-order valence-corrected chi connectivity index (χ4v) is 1.42. The average Bonchev–Trinajstić information content (AvgIpc) is 2.28. The quantitative estimate of drug-likeness (QED) is 0.717. The van der Waals surface area contributed by atoms with Gasteiger partial charge in [-0.1, -0.05) is 39.9 Å². The summed E-state index contributed by atoms with van der Waals surface area (Å²) >= 11 is 9.63. The molecule has 0 bridgehead atoms. The van der Waals surface area contributed by atoms with Gasteiger partial charge in [0.1, 0.15) is 4.64 Å². The average molecular weight is 264 g/mol. The Kier molecular flexibility index (Phi) is 10.8. The van der Waals surface area contributed by atoms with Crippen LogP contribution >= 0.6 is 24.4 Å². The van der Waals surface area contributed by atoms with Gasteiger partial charge in [0, 0.05) is 12.2 Å². The summed E-state index contributed by atoms with van der Waals surface area (Å²) in [5, 5.41) is 0. The summed E-state index contributed by atoms with van der Waals surface area (Å²) in [5.41, 5.74) is 0. The van der Waals surface area contributed by atoms with Crippen molar-refractivity contribution in [1.82, 2.24) is 9.55 Å². The molecule has 0 spiro atoms. The van der Waals surface area contributed by atoms with Crippen molar-refractivity contribution >= 4 is 24.4 Å². The molecule has 0 fully saturated rings. The van der Waals surface area contributed by atoms with Crippen LogP contribution in [0.25, 0.3) is 0 Å². The highest BCUT2D eigenvalue weighted by molar-refractivity contribution is 7.72. The molecule has 0 saturated carbocycles. The highest BCUT2D eigenvalue weighted by Crippen LogP contribution is 2.06. The Hall–Kier alpha value is -0.550. The second kappa shape index (κ2) is 9.66. The van der Waals surface area contributed by atoms with Crippen LogP contribution in [0.4, 0.5) is 4.39 Å². The summed E-state index contributed by atoms with van der Waals surface area (Å²) in [6, 6.07) is 0.138. The van der Waals surface area contributed by atoms with Crippen LogP contribution in [0.3, 0.4) is 0 Å². The Bertz CT molecular complexity index is 394. The molecule has 1 N–H and O–H groups in total. The summed E-state index contributed by atoms with van der Waals surface area (Å²) in [6.45, 7) is 11.8. The minimum atomic E-state index is -0.438. The SMILES string of the molecule is CC.CC.CC(C)n1cc(F)c(=S)[nH]c1=S. The lowest BCUT2D eigenvalue weighted by Crippen LogP contribution is -2.05. The number of aromatic amines is 1. The molecule has 1 heterocycles. The fourth-order valence-electron chi connectivity index (χ4n) is 0.844. The van der Waals surface area contributed by atoms with Crippen LogP contribution in [0.15, 0.2) is 6.20 Å². The van der Waals surface area contributed by atoms with Gasteiger partial charge in [-0.15, -0.1) is 0 Å². The first-order chi connectivity index (χ1) is 7.52. The predicted octanol–water partition coefficient (Wildman–Crippen LogP) is 5.05. The van der Waals surface area contributed by atoms with Gasteiger partial charge in [-0.05, 0) is 26.1 Å². The van der Waals surface area contributed by atoms with Crippen molar-refractivity contribution in [3.63, 3.8) is 0 Å². The Morgan fingerprint density at radius 2 is 1.62 bits per heavy atom. The van der Waals surface area contributed by atoms with Gasteiger partial charge in [-0.25, -0.2) is 4.39 Å². The van der Waals surface area contributed by atoms with Gasteiger partial charge >= 0.3 is 0 Å². The number of halogens is 1. The normalized spacial score (nSPS) is 8.75. The van der Waals surface area contributed by atoms with Crippen molar-refractivity contribution in [1.29, 1.82) is 0 Å². The molecule has 0 aliphatic rings. The van der Waals surface area contributed by atoms with Crippen LogP contribution in [-0.4, -0.2) is 9.55 Å². The van der Waals surface area contributed by atoms with Crippen molar-refractivity contribution in [2.75, 3.05) is 0 Å². The van der Waals surface area contributed by atoms with Crippen LogP contribution in [0.1, 0.15) is 47.6 Å². The van der Waals surface area contributed by atoms with E-state index in [9.17, 15) is 4.39 Å². The monoisotopic (exact) mass is 264 g/mol. The van der Waals surface area contributed by atoms with E-state index in [4.69, 9.17) is 12.2 Å². The Balaban J connectivity index is 0. The molecule has 0 aliphatic carbocycles. The minimum absolute atomic E-state index is 0.0666. The van der Waals surface area contributed by atoms with E-state index >= 15 is 0 Å². The number of rotatable bonds is 1. The van der Waals surface area contributed by atoms with Crippen molar-refractivity contribution in [2.45, 2.75) is 47.6 Å². The third kappa shape index (κ3) is 5.51. The van der Waals surface area contributed by atoms with Crippen molar-refractivity contribution in [2.24, 2.45) is 0 Å². The van der Waals surface area contributed by atoms with Gasteiger partial charge in [-0.3, -0.25) is 0 Å². The van der Waals surface area contributed by atoms with Crippen LogP contribution < -0.4 is 0 Å². The van der Waals surface area contributed by atoms with E-state index in [1.54, 1.807) is 4.57 Å². The third-order valence-corrected chi connectivity index (χ3v) is 2.09. The Labute approximate surface area is 108 Å². The van der Waals surface area contributed by atoms with E-state index in [1.807, 2.05) is 41.5 Å². The third-order valence-electron chi connectivity index (χ3n) is 1.48. The van der Waals surface area contributed by atoms with E-state index in [1.165, 1.54) is 6.20 Å². The summed E-state index contributed by atoms with van der Waals surface area (Å²) in [7, 11) is 0. The van der Waals surface area contributed by atoms with Crippen LogP contribution in [0.2, 0.25) is 0 Å². The Morgan fingerprint density at radius 3 is 2.00 bits per heavy atom. The number of hydrogen-bond acceptors (Lipinski definition) is 2. The molecular formula is C11H21FN2S2. The molecule has 0 aromatic carbocycles. The topological polar surface area (TPSA) is 20.7 Å². The summed E-state index contributed by atoms with van der Waals surface area (Å²) < 4.78 is 15.1. The van der Waals surface area contributed by atoms with Gasteiger partial charge in [0.2, 0.25) is 0 Å². The largest absolute Gasteiger partial charge is 0.321 e. The summed E-state index contributed by atoms with van der Waals surface area (Å²) in [5.74, 6) is -0.438. The van der Waals surface area contributed by atoms with Crippen LogP contribution in [0.5, 0.6) is 0 Å². The maximum atomic E-state index is 12.9. The molecule has 0 unspecified atom stereocenters. The lowest BCUT2D eigenvalue weighted by Gasteiger charge is -2.09. The van der Waals surface area contributed by atoms with Crippen molar-refractivity contribution in [3.05, 3.63) is 21.4 Å². The molecule has 0 radical (unpaired) electrons. The predicted molar refractivity (Wildman–Crippen MR) is 73.5 cm³/mol. The minimum Gasteiger partial charge on any atom is -0.321 e. The van der Waals surface area contributed by atoms with Crippen molar-refractivity contribution in [3.8, 4) is 0 Å². The maximum absolute atomic E-state index is 12.9. The summed E-state index contributed by atoms with van der Waals surface area (Å²) in [4.78, 5) is 2.61. The van der Waals surface area contributed by atoms with E-state index in [0.717, 1.165) is 0 Å². The number of hydrogen-bond donors (Lipinski definition) is 1. The fraction of sp³-hybridized carbons (Fsp3) is 0.636. The molecule has 0 amide bonds. The first-order valence-electron chi connectivity index (χ1n) is 5.53. The molecule has 5 heteroatoms. The highest BCUT2D eigenvalue weighted by Gasteiger charge is 2.01. The molecule has 2 nitrogen and oxygen atoms in total. The zero-order valence-electron chi connectivity index (χ0n) is 10.8. The molecule has 1 rings (SSSR count). The first-order valence-corrected chi connectivity index (χ1v) is 6.35. The molecule has 0 atom stereocenters. The maximum Gasteiger partial charge on any atom is 0.178 e. The molecular weight excluding hydrogens is 243 g/mol. The molecule has 1 aromatic heterocycles. The highest BCUT2D eigenvalue weighted by atomic mass is 32.1. The number of aromatic nitrogens is 2. The zero-order chi connectivity index (χ0) is 13.3. The van der Waals surface area contributed by atoms with Gasteiger partial charge in [-0.2, -0.15) is 0 Å². The lowest BCUT2D eigenvalue weighted by molar-refractivity contribution is 0.526. The zero-order valence-corrected chi connectivity index (χ0v) is 12.4. The molecule has 1 aromatic rings. The second-order valence-electron chi connectivity index (χ2n) is 2.74. The smallest absolute Gasteiger partial charge is 0.178 e. The summed E-state index contributed by atoms with van der Waals surface area (Å²) in [6.07, 6.45) is 1.33. The van der Waals surface area contributed by atoms with Crippen LogP contribution in [0, 0.1) is 15.2 Å². The van der Waals surface area contributed by atoms with E-state index in [2.05, 4.69) is 17.2 Å². The van der Waals surface area contributed by atoms with Gasteiger partial charge in [0.05, 0.1) is 0 Å². The van der Waals surface area contributed by atoms with E-state index in [-0.39, 0.29) is 10.7 Å². The van der Waals surface area contributed by atoms with Crippen molar-refractivity contribution < 1.29 is 4.39 Å². The molecule has 94 valence electrons. The molecule has 0 aliphatic heterocycles. The number of H-pyrrole nitrogens is 1. The van der Waals surface area contributed by atoms with Crippen LogP contribution in [-0.2, 0) is 0 Å². The number of nitrogens with zero attached hydrogens (tertiary/aromatic N) is 1. The lowest BCUT2D eigenvalue weighted by atomic mass is 10.4. The van der Waals surface area contributed by atoms with Gasteiger partial charge in [0.25, 0.3) is 0 Å². The first kappa shape index (κ1) is 17.8. The molecule has 0 saturated heterocycles. The number of nitrogens with one attached hydrogen (secondary N) is 1. The Morgan fingerprint density at radius 1 is 1.19 bits per heavy atom. The molecule has 16 heavy (non-hydrogen) atoms. The van der Waals surface area contributed by atoms with E-state index < -0.39 is 5.82 Å². The van der Waals surface area contributed by atoms with Gasteiger partial charge in [0.15, 0.2) is 10.6 Å². The van der Waals surface area contributed by atoms with Gasteiger partial charge < -0.3 is 9.55 Å².